The lowest BCUT2D eigenvalue weighted by Gasteiger charge is -2.06. The average molecular weight is 360 g/mol. The highest BCUT2D eigenvalue weighted by atomic mass is 16.5. The van der Waals surface area contributed by atoms with Crippen LogP contribution in [0, 0.1) is 0 Å². The molecule has 0 spiro atoms. The van der Waals surface area contributed by atoms with E-state index >= 15 is 0 Å². The molecule has 0 atom stereocenters. The van der Waals surface area contributed by atoms with Gasteiger partial charge in [0.1, 0.15) is 5.75 Å². The lowest BCUT2D eigenvalue weighted by molar-refractivity contribution is -0.126. The summed E-state index contributed by atoms with van der Waals surface area (Å²) in [5.41, 5.74) is 6.57. The molecule has 0 aliphatic rings. The molecule has 2 N–H and O–H groups in total. The number of hydrogen-bond acceptors (Lipinski definition) is 3. The van der Waals surface area contributed by atoms with E-state index in [1.165, 1.54) is 6.08 Å². The first-order valence-electron chi connectivity index (χ1n) is 8.53. The molecule has 5 nitrogen and oxygen atoms in total. The minimum atomic E-state index is -0.397. The summed E-state index contributed by atoms with van der Waals surface area (Å²) in [4.78, 5) is 23.9. The minimum Gasteiger partial charge on any atom is -0.497 e. The topological polar surface area (TPSA) is 67.4 Å². The van der Waals surface area contributed by atoms with Crippen molar-refractivity contribution in [3.05, 3.63) is 83.9 Å². The van der Waals surface area contributed by atoms with Crippen molar-refractivity contribution >= 4 is 28.7 Å². The summed E-state index contributed by atoms with van der Waals surface area (Å²) >= 11 is 0. The Hall–Kier alpha value is -3.60. The fourth-order valence-corrected chi connectivity index (χ4v) is 2.71. The van der Waals surface area contributed by atoms with Crippen LogP contribution in [0.15, 0.2) is 72.8 Å². The van der Waals surface area contributed by atoms with E-state index < -0.39 is 5.91 Å². The van der Waals surface area contributed by atoms with Crippen LogP contribution >= 0.6 is 0 Å². The van der Waals surface area contributed by atoms with Gasteiger partial charge in [-0.15, -0.1) is 0 Å². The van der Waals surface area contributed by atoms with E-state index in [1.54, 1.807) is 37.5 Å². The van der Waals surface area contributed by atoms with Gasteiger partial charge < -0.3 is 4.74 Å². The van der Waals surface area contributed by atoms with Crippen molar-refractivity contribution < 1.29 is 14.3 Å². The molecule has 5 heteroatoms. The lowest BCUT2D eigenvalue weighted by Crippen LogP contribution is -2.41. The normalized spacial score (nSPS) is 10.7. The second-order valence-electron chi connectivity index (χ2n) is 5.96. The second kappa shape index (κ2) is 8.67. The van der Waals surface area contributed by atoms with E-state index in [0.717, 1.165) is 27.6 Å². The lowest BCUT2D eigenvalue weighted by atomic mass is 10.0. The van der Waals surface area contributed by atoms with E-state index in [-0.39, 0.29) is 12.3 Å². The van der Waals surface area contributed by atoms with E-state index in [4.69, 9.17) is 4.74 Å². The molecule has 0 aliphatic carbocycles. The van der Waals surface area contributed by atoms with Crippen molar-refractivity contribution in [1.29, 1.82) is 0 Å². The number of carbonyl (C=O) groups is 2. The maximum Gasteiger partial charge on any atom is 0.262 e. The van der Waals surface area contributed by atoms with Gasteiger partial charge in [-0.2, -0.15) is 0 Å². The first-order valence-corrected chi connectivity index (χ1v) is 8.53. The SMILES string of the molecule is COc1ccc(CC(=O)NNC(=O)/C=C/c2cccc3ccccc23)cc1. The van der Waals surface area contributed by atoms with Crippen molar-refractivity contribution in [2.24, 2.45) is 0 Å². The molecule has 0 saturated carbocycles. The molecule has 3 rings (SSSR count). The molecular formula is C22H20N2O3. The van der Waals surface area contributed by atoms with E-state index in [2.05, 4.69) is 10.9 Å². The van der Waals surface area contributed by atoms with Crippen LogP contribution in [0.25, 0.3) is 16.8 Å². The molecule has 0 fully saturated rings. The number of nitrogens with one attached hydrogen (secondary N) is 2. The molecule has 0 radical (unpaired) electrons. The van der Waals surface area contributed by atoms with Gasteiger partial charge in [0.05, 0.1) is 13.5 Å². The minimum absolute atomic E-state index is 0.164. The van der Waals surface area contributed by atoms with Crippen LogP contribution in [0.1, 0.15) is 11.1 Å². The predicted octanol–water partition coefficient (Wildman–Crippen LogP) is 3.25. The van der Waals surface area contributed by atoms with E-state index in [0.29, 0.717) is 0 Å². The Labute approximate surface area is 157 Å². The average Bonchev–Trinajstić information content (AvgIpc) is 2.71. The highest BCUT2D eigenvalue weighted by Crippen LogP contribution is 2.19. The van der Waals surface area contributed by atoms with Gasteiger partial charge in [0.25, 0.3) is 5.91 Å². The Morgan fingerprint density at radius 1 is 0.926 bits per heavy atom. The molecule has 0 heterocycles. The zero-order valence-corrected chi connectivity index (χ0v) is 14.9. The van der Waals surface area contributed by atoms with Crippen LogP contribution in [0.5, 0.6) is 5.75 Å². The van der Waals surface area contributed by atoms with Gasteiger partial charge in [0.2, 0.25) is 5.91 Å². The van der Waals surface area contributed by atoms with Crippen molar-refractivity contribution in [2.45, 2.75) is 6.42 Å². The van der Waals surface area contributed by atoms with Gasteiger partial charge >= 0.3 is 0 Å². The van der Waals surface area contributed by atoms with Gasteiger partial charge in [-0.1, -0.05) is 54.6 Å². The van der Waals surface area contributed by atoms with Gasteiger partial charge in [0, 0.05) is 6.08 Å². The molecule has 27 heavy (non-hydrogen) atoms. The third-order valence-corrected chi connectivity index (χ3v) is 4.09. The molecule has 3 aromatic carbocycles. The first-order chi connectivity index (χ1) is 13.2. The number of fused-ring (bicyclic) bond motifs is 1. The number of amides is 2. The summed E-state index contributed by atoms with van der Waals surface area (Å²) in [7, 11) is 1.59. The number of rotatable bonds is 5. The summed E-state index contributed by atoms with van der Waals surface area (Å²) in [6.07, 6.45) is 3.29. The standard InChI is InChI=1S/C22H20N2O3/c1-27-19-12-9-16(10-13-19)15-22(26)24-23-21(25)14-11-18-7-4-6-17-5-2-3-8-20(17)18/h2-14H,15H2,1H3,(H,23,25)(H,24,26)/b14-11+. The third-order valence-electron chi connectivity index (χ3n) is 4.09. The Bertz CT molecular complexity index is 973. The Morgan fingerprint density at radius 3 is 2.44 bits per heavy atom. The summed E-state index contributed by atoms with van der Waals surface area (Å²) in [5, 5.41) is 2.17. The molecule has 0 aliphatic heterocycles. The third kappa shape index (κ3) is 4.95. The van der Waals surface area contributed by atoms with Crippen molar-refractivity contribution in [3.63, 3.8) is 0 Å². The predicted molar refractivity (Wildman–Crippen MR) is 106 cm³/mol. The molecule has 0 bridgehead atoms. The number of benzene rings is 3. The number of ether oxygens (including phenoxy) is 1. The molecule has 3 aromatic rings. The van der Waals surface area contributed by atoms with Gasteiger partial charge in [-0.05, 0) is 40.1 Å². The van der Waals surface area contributed by atoms with Crippen molar-refractivity contribution in [3.8, 4) is 5.75 Å². The van der Waals surface area contributed by atoms with E-state index in [1.807, 2.05) is 42.5 Å². The largest absolute Gasteiger partial charge is 0.497 e. The van der Waals surface area contributed by atoms with Crippen LogP contribution in [-0.2, 0) is 16.0 Å². The molecule has 0 aromatic heterocycles. The summed E-state index contributed by atoms with van der Waals surface area (Å²) < 4.78 is 5.08. The summed E-state index contributed by atoms with van der Waals surface area (Å²) in [6.45, 7) is 0. The first kappa shape index (κ1) is 18.2. The summed E-state index contributed by atoms with van der Waals surface area (Å²) in [5.74, 6) is 0.0316. The molecule has 0 unspecified atom stereocenters. The van der Waals surface area contributed by atoms with Gasteiger partial charge in [-0.3, -0.25) is 20.4 Å². The highest BCUT2D eigenvalue weighted by Gasteiger charge is 2.05. The quantitative estimate of drug-likeness (QED) is 0.542. The van der Waals surface area contributed by atoms with Crippen LogP contribution in [-0.4, -0.2) is 18.9 Å². The number of carbonyl (C=O) groups excluding carboxylic acids is 2. The van der Waals surface area contributed by atoms with Crippen molar-refractivity contribution in [2.75, 3.05) is 7.11 Å². The molecule has 2 amide bonds. The van der Waals surface area contributed by atoms with Crippen molar-refractivity contribution in [1.82, 2.24) is 10.9 Å². The van der Waals surface area contributed by atoms with Gasteiger partial charge in [-0.25, -0.2) is 0 Å². The number of hydrogen-bond donors (Lipinski definition) is 2. The maximum absolute atomic E-state index is 12.0. The highest BCUT2D eigenvalue weighted by molar-refractivity contribution is 5.97. The summed E-state index contributed by atoms with van der Waals surface area (Å²) in [6, 6.07) is 21.0. The monoisotopic (exact) mass is 360 g/mol. The molecule has 136 valence electrons. The number of hydrazine groups is 1. The fraction of sp³-hybridized carbons (Fsp3) is 0.0909. The zero-order chi connectivity index (χ0) is 19.1. The molecule has 0 saturated heterocycles. The second-order valence-corrected chi connectivity index (χ2v) is 5.96. The molecular weight excluding hydrogens is 340 g/mol. The van der Waals surface area contributed by atoms with Crippen LogP contribution in [0.4, 0.5) is 0 Å². The Kier molecular flexibility index (Phi) is 5.84. The smallest absolute Gasteiger partial charge is 0.262 e. The Morgan fingerprint density at radius 2 is 1.67 bits per heavy atom. The van der Waals surface area contributed by atoms with Crippen LogP contribution < -0.4 is 15.6 Å². The van der Waals surface area contributed by atoms with Crippen LogP contribution in [0.3, 0.4) is 0 Å². The zero-order valence-electron chi connectivity index (χ0n) is 14.9. The Balaban J connectivity index is 1.54. The number of methoxy groups -OCH3 is 1. The maximum atomic E-state index is 12.0. The van der Waals surface area contributed by atoms with Gasteiger partial charge in [0.15, 0.2) is 0 Å². The fourth-order valence-electron chi connectivity index (χ4n) is 2.71. The van der Waals surface area contributed by atoms with Crippen LogP contribution in [0.2, 0.25) is 0 Å². The van der Waals surface area contributed by atoms with E-state index in [9.17, 15) is 9.59 Å².